The monoisotopic (exact) mass is 208 g/mol. The molecule has 2 heterocycles. The minimum Gasteiger partial charge on any atom is -0.368 e. The minimum atomic E-state index is -0.456. The number of nitrogen functional groups attached to an aromatic ring is 1. The van der Waals surface area contributed by atoms with Crippen LogP contribution in [0.2, 0.25) is 0 Å². The Morgan fingerprint density at radius 3 is 3.00 bits per heavy atom. The molecule has 0 fully saturated rings. The average Bonchev–Trinajstić information content (AvgIpc) is 2.54. The van der Waals surface area contributed by atoms with Crippen molar-refractivity contribution in [1.82, 2.24) is 15.0 Å². The van der Waals surface area contributed by atoms with Crippen LogP contribution in [0.1, 0.15) is 11.4 Å². The Kier molecular flexibility index (Phi) is 2.28. The number of rotatable bonds is 2. The molecule has 5 nitrogen and oxygen atoms in total. The van der Waals surface area contributed by atoms with Crippen LogP contribution in [0.5, 0.6) is 0 Å². The molecular weight excluding hydrogens is 200 g/mol. The van der Waals surface area contributed by atoms with Crippen molar-refractivity contribution in [2.24, 2.45) is 0 Å². The molecule has 2 aromatic heterocycles. The zero-order valence-electron chi connectivity index (χ0n) is 7.23. The van der Waals surface area contributed by atoms with Crippen LogP contribution < -0.4 is 11.4 Å². The maximum atomic E-state index is 11.0. The molecule has 72 valence electrons. The van der Waals surface area contributed by atoms with Gasteiger partial charge in [-0.05, 0) is 22.4 Å². The van der Waals surface area contributed by atoms with Gasteiger partial charge in [0.2, 0.25) is 5.95 Å². The van der Waals surface area contributed by atoms with Gasteiger partial charge in [0, 0.05) is 6.42 Å². The van der Waals surface area contributed by atoms with Gasteiger partial charge in [0.1, 0.15) is 5.82 Å². The quantitative estimate of drug-likeness (QED) is 0.748. The first-order valence-electron chi connectivity index (χ1n) is 3.98. The summed E-state index contributed by atoms with van der Waals surface area (Å²) in [5.74, 6) is 0.555. The Balaban J connectivity index is 2.29. The van der Waals surface area contributed by atoms with Crippen molar-refractivity contribution < 1.29 is 0 Å². The van der Waals surface area contributed by atoms with E-state index in [-0.39, 0.29) is 5.95 Å². The average molecular weight is 208 g/mol. The molecule has 0 saturated heterocycles. The largest absolute Gasteiger partial charge is 0.368 e. The number of nitrogens with one attached hydrogen (secondary N) is 1. The van der Waals surface area contributed by atoms with Gasteiger partial charge >= 0.3 is 5.69 Å². The Labute approximate surface area is 83.7 Å². The molecule has 0 aromatic carbocycles. The molecule has 2 aromatic rings. The van der Waals surface area contributed by atoms with Crippen LogP contribution in [0.25, 0.3) is 0 Å². The second-order valence-electron chi connectivity index (χ2n) is 2.77. The number of nitrogens with zero attached hydrogens (tertiary/aromatic N) is 2. The Hall–Kier alpha value is -1.69. The first-order chi connectivity index (χ1) is 6.74. The molecule has 2 rings (SSSR count). The highest BCUT2D eigenvalue weighted by Crippen LogP contribution is 2.09. The summed E-state index contributed by atoms with van der Waals surface area (Å²) in [4.78, 5) is 20.8. The van der Waals surface area contributed by atoms with Crippen molar-refractivity contribution in [2.45, 2.75) is 6.42 Å². The number of aromatic amines is 1. The molecule has 0 radical (unpaired) electrons. The Morgan fingerprint density at radius 1 is 1.50 bits per heavy atom. The van der Waals surface area contributed by atoms with Gasteiger partial charge in [0.15, 0.2) is 0 Å². The van der Waals surface area contributed by atoms with Crippen molar-refractivity contribution in [3.05, 3.63) is 38.7 Å². The van der Waals surface area contributed by atoms with Crippen LogP contribution >= 0.6 is 11.3 Å². The molecule has 0 spiro atoms. The van der Waals surface area contributed by atoms with Crippen LogP contribution in [0.15, 0.2) is 21.6 Å². The summed E-state index contributed by atoms with van der Waals surface area (Å²) >= 11 is 1.60. The molecule has 14 heavy (non-hydrogen) atoms. The molecule has 3 N–H and O–H groups in total. The number of hydrogen-bond donors (Lipinski definition) is 2. The number of nitrogens with two attached hydrogens (primary N) is 1. The lowest BCUT2D eigenvalue weighted by molar-refractivity contribution is 0.895. The summed E-state index contributed by atoms with van der Waals surface area (Å²) in [6, 6.07) is 1.97. The lowest BCUT2D eigenvalue weighted by atomic mass is 10.2. The fourth-order valence-corrected chi connectivity index (χ4v) is 1.79. The fraction of sp³-hybridized carbons (Fsp3) is 0.125. The van der Waals surface area contributed by atoms with Crippen LogP contribution in [0.3, 0.4) is 0 Å². The molecule has 0 amide bonds. The van der Waals surface area contributed by atoms with Crippen LogP contribution in [-0.2, 0) is 6.42 Å². The van der Waals surface area contributed by atoms with Crippen molar-refractivity contribution >= 4 is 17.3 Å². The van der Waals surface area contributed by atoms with Gasteiger partial charge in [-0.25, -0.2) is 4.79 Å². The molecule has 0 unspecified atom stereocenters. The van der Waals surface area contributed by atoms with E-state index in [1.165, 1.54) is 0 Å². The lowest BCUT2D eigenvalue weighted by Gasteiger charge is -1.97. The summed E-state index contributed by atoms with van der Waals surface area (Å²) in [5.41, 5.74) is 5.99. The van der Waals surface area contributed by atoms with Gasteiger partial charge < -0.3 is 5.73 Å². The third-order valence-electron chi connectivity index (χ3n) is 1.67. The van der Waals surface area contributed by atoms with Gasteiger partial charge in [-0.3, -0.25) is 4.98 Å². The second-order valence-corrected chi connectivity index (χ2v) is 3.55. The highest BCUT2D eigenvalue weighted by Gasteiger charge is 2.01. The topological polar surface area (TPSA) is 84.7 Å². The van der Waals surface area contributed by atoms with Gasteiger partial charge in [-0.1, -0.05) is 0 Å². The normalized spacial score (nSPS) is 10.3. The number of anilines is 1. The first-order valence-corrected chi connectivity index (χ1v) is 4.92. The summed E-state index contributed by atoms with van der Waals surface area (Å²) in [6.07, 6.45) is 0.575. The summed E-state index contributed by atoms with van der Waals surface area (Å²) in [6.45, 7) is 0. The van der Waals surface area contributed by atoms with E-state index in [1.54, 1.807) is 11.3 Å². The zero-order chi connectivity index (χ0) is 9.97. The van der Waals surface area contributed by atoms with E-state index in [0.29, 0.717) is 12.2 Å². The predicted octanol–water partition coefficient (Wildman–Crippen LogP) is 0.399. The first kappa shape index (κ1) is 8.89. The Bertz CT molecular complexity index is 476. The van der Waals surface area contributed by atoms with E-state index >= 15 is 0 Å². The maximum Gasteiger partial charge on any atom is 0.349 e. The molecular formula is C8H8N4OS. The SMILES string of the molecule is Nc1nc(Cc2ccsc2)[nH]c(=O)n1. The number of hydrogen-bond acceptors (Lipinski definition) is 5. The van der Waals surface area contributed by atoms with Gasteiger partial charge in [0.05, 0.1) is 0 Å². The maximum absolute atomic E-state index is 11.0. The van der Waals surface area contributed by atoms with Crippen molar-refractivity contribution in [3.63, 3.8) is 0 Å². The van der Waals surface area contributed by atoms with E-state index in [9.17, 15) is 4.79 Å². The van der Waals surface area contributed by atoms with Crippen LogP contribution in [-0.4, -0.2) is 15.0 Å². The van der Waals surface area contributed by atoms with Crippen molar-refractivity contribution in [1.29, 1.82) is 0 Å². The van der Waals surface area contributed by atoms with E-state index < -0.39 is 5.69 Å². The molecule has 0 atom stereocenters. The minimum absolute atomic E-state index is 0.0129. The molecule has 0 aliphatic carbocycles. The number of H-pyrrole nitrogens is 1. The highest BCUT2D eigenvalue weighted by atomic mass is 32.1. The van der Waals surface area contributed by atoms with E-state index in [1.807, 2.05) is 16.8 Å². The van der Waals surface area contributed by atoms with Crippen LogP contribution in [0.4, 0.5) is 5.95 Å². The third-order valence-corrected chi connectivity index (χ3v) is 2.40. The number of aromatic nitrogens is 3. The fourth-order valence-electron chi connectivity index (χ4n) is 1.12. The smallest absolute Gasteiger partial charge is 0.349 e. The van der Waals surface area contributed by atoms with Gasteiger partial charge in [-0.2, -0.15) is 21.3 Å². The summed E-state index contributed by atoms with van der Waals surface area (Å²) in [7, 11) is 0. The molecule has 0 saturated carbocycles. The summed E-state index contributed by atoms with van der Waals surface area (Å²) in [5, 5.41) is 3.97. The highest BCUT2D eigenvalue weighted by molar-refractivity contribution is 7.07. The predicted molar refractivity (Wildman–Crippen MR) is 54.2 cm³/mol. The summed E-state index contributed by atoms with van der Waals surface area (Å²) < 4.78 is 0. The lowest BCUT2D eigenvalue weighted by Crippen LogP contribution is -2.17. The van der Waals surface area contributed by atoms with Crippen LogP contribution in [0, 0.1) is 0 Å². The zero-order valence-corrected chi connectivity index (χ0v) is 8.04. The standard InChI is InChI=1S/C8H8N4OS/c9-7-10-6(11-8(13)12-7)3-5-1-2-14-4-5/h1-2,4H,3H2,(H3,9,10,11,12,13). The number of thiophene rings is 1. The molecule has 0 bridgehead atoms. The van der Waals surface area contributed by atoms with Gasteiger partial charge in [0.25, 0.3) is 0 Å². The van der Waals surface area contributed by atoms with Crippen molar-refractivity contribution in [2.75, 3.05) is 5.73 Å². The van der Waals surface area contributed by atoms with Crippen molar-refractivity contribution in [3.8, 4) is 0 Å². The van der Waals surface area contributed by atoms with E-state index in [2.05, 4.69) is 15.0 Å². The molecule has 6 heteroatoms. The van der Waals surface area contributed by atoms with E-state index in [0.717, 1.165) is 5.56 Å². The second kappa shape index (κ2) is 3.59. The van der Waals surface area contributed by atoms with Gasteiger partial charge in [-0.15, -0.1) is 0 Å². The molecule has 0 aliphatic rings. The molecule has 0 aliphatic heterocycles. The third kappa shape index (κ3) is 1.97. The van der Waals surface area contributed by atoms with E-state index in [4.69, 9.17) is 5.73 Å². The Morgan fingerprint density at radius 2 is 2.36 bits per heavy atom.